The Morgan fingerprint density at radius 2 is 2.03 bits per heavy atom. The van der Waals surface area contributed by atoms with Crippen LogP contribution >= 0.6 is 24.0 Å². The highest BCUT2D eigenvalue weighted by atomic mass is 127. The smallest absolute Gasteiger partial charge is 0.310 e. The van der Waals surface area contributed by atoms with Crippen LogP contribution in [-0.4, -0.2) is 62.6 Å². The van der Waals surface area contributed by atoms with Gasteiger partial charge in [0.15, 0.2) is 5.96 Å². The van der Waals surface area contributed by atoms with Gasteiger partial charge in [-0.25, -0.2) is 0 Å². The number of esters is 1. The number of methoxy groups -OCH3 is 1. The molecule has 2 aliphatic heterocycles. The highest BCUT2D eigenvalue weighted by Gasteiger charge is 2.36. The molecule has 2 aliphatic rings. The lowest BCUT2D eigenvalue weighted by atomic mass is 9.99. The number of ether oxygens (including phenoxy) is 1. The van der Waals surface area contributed by atoms with Crippen LogP contribution in [0, 0.1) is 11.8 Å². The van der Waals surface area contributed by atoms with Gasteiger partial charge in [-0.05, 0) is 37.3 Å². The summed E-state index contributed by atoms with van der Waals surface area (Å²) in [4.78, 5) is 33.3. The van der Waals surface area contributed by atoms with E-state index in [1.165, 1.54) is 12.7 Å². The van der Waals surface area contributed by atoms with E-state index in [4.69, 9.17) is 9.73 Å². The zero-order valence-corrected chi connectivity index (χ0v) is 20.4. The normalized spacial score (nSPS) is 20.6. The number of benzene rings is 1. The number of amides is 1. The van der Waals surface area contributed by atoms with Crippen molar-refractivity contribution < 1.29 is 14.3 Å². The third kappa shape index (κ3) is 5.65. The predicted molar refractivity (Wildman–Crippen MR) is 129 cm³/mol. The topological polar surface area (TPSA) is 74.2 Å². The molecule has 2 heterocycles. The van der Waals surface area contributed by atoms with Crippen molar-refractivity contribution in [2.45, 2.75) is 33.1 Å². The van der Waals surface area contributed by atoms with Gasteiger partial charge in [0.25, 0.3) is 0 Å². The van der Waals surface area contributed by atoms with Gasteiger partial charge in [0, 0.05) is 44.8 Å². The summed E-state index contributed by atoms with van der Waals surface area (Å²) in [6.45, 7) is 7.59. The van der Waals surface area contributed by atoms with Crippen molar-refractivity contribution in [1.82, 2.24) is 10.2 Å². The fourth-order valence-corrected chi connectivity index (χ4v) is 4.17. The van der Waals surface area contributed by atoms with E-state index in [0.717, 1.165) is 37.7 Å². The summed E-state index contributed by atoms with van der Waals surface area (Å²) in [5.74, 6) is 0.913. The molecule has 1 fully saturated rings. The Labute approximate surface area is 196 Å². The monoisotopic (exact) mass is 528 g/mol. The highest BCUT2D eigenvalue weighted by Crippen LogP contribution is 2.28. The third-order valence-corrected chi connectivity index (χ3v) is 5.75. The number of carbonyl (C=O) groups excluding carboxylic acids is 2. The SMILES string of the molecule is CCNC(=NCCCC(=O)N1CCc2ccccc21)N1CC(C)C(C(=O)OC)C1.I. The van der Waals surface area contributed by atoms with Crippen LogP contribution in [0.1, 0.15) is 32.3 Å². The van der Waals surface area contributed by atoms with Crippen LogP contribution in [-0.2, 0) is 20.7 Å². The summed E-state index contributed by atoms with van der Waals surface area (Å²) < 4.78 is 4.92. The molecule has 7 nitrogen and oxygen atoms in total. The standard InChI is InChI=1S/C22H32N4O3.HI/c1-4-23-22(25-14-16(2)18(15-25)21(28)29-3)24-12-7-10-20(27)26-13-11-17-8-5-6-9-19(17)26;/h5-6,8-9,16,18H,4,7,10-15H2,1-3H3,(H,23,24);1H. The summed E-state index contributed by atoms with van der Waals surface area (Å²) in [5.41, 5.74) is 2.30. The third-order valence-electron chi connectivity index (χ3n) is 5.75. The minimum absolute atomic E-state index is 0. The molecule has 2 atom stereocenters. The molecule has 0 spiro atoms. The molecular formula is C22H33IN4O3. The summed E-state index contributed by atoms with van der Waals surface area (Å²) in [7, 11) is 1.44. The van der Waals surface area contributed by atoms with Gasteiger partial charge in [0.1, 0.15) is 0 Å². The highest BCUT2D eigenvalue weighted by molar-refractivity contribution is 14.0. The number of aliphatic imine (C=N–C) groups is 1. The molecule has 3 rings (SSSR count). The lowest BCUT2D eigenvalue weighted by Crippen LogP contribution is -2.40. The number of hydrogen-bond donors (Lipinski definition) is 1. The van der Waals surface area contributed by atoms with Gasteiger partial charge in [-0.15, -0.1) is 24.0 Å². The fourth-order valence-electron chi connectivity index (χ4n) is 4.17. The number of halogens is 1. The van der Waals surface area contributed by atoms with Crippen molar-refractivity contribution in [3.8, 4) is 0 Å². The first-order valence-electron chi connectivity index (χ1n) is 10.5. The number of carbonyl (C=O) groups is 2. The average molecular weight is 528 g/mol. The van der Waals surface area contributed by atoms with Crippen LogP contribution in [0.2, 0.25) is 0 Å². The largest absolute Gasteiger partial charge is 0.469 e. The van der Waals surface area contributed by atoms with Crippen molar-refractivity contribution in [3.05, 3.63) is 29.8 Å². The van der Waals surface area contributed by atoms with E-state index in [9.17, 15) is 9.59 Å². The molecule has 1 amide bonds. The maximum absolute atomic E-state index is 12.6. The number of anilines is 1. The second-order valence-electron chi connectivity index (χ2n) is 7.78. The molecule has 1 N–H and O–H groups in total. The minimum atomic E-state index is -0.160. The van der Waals surface area contributed by atoms with E-state index >= 15 is 0 Å². The number of fused-ring (bicyclic) bond motifs is 1. The van der Waals surface area contributed by atoms with Crippen LogP contribution in [0.4, 0.5) is 5.69 Å². The summed E-state index contributed by atoms with van der Waals surface area (Å²) >= 11 is 0. The number of rotatable bonds is 6. The number of hydrogen-bond acceptors (Lipinski definition) is 4. The summed E-state index contributed by atoms with van der Waals surface area (Å²) in [5, 5.41) is 3.31. The van der Waals surface area contributed by atoms with Crippen LogP contribution in [0.25, 0.3) is 0 Å². The summed E-state index contributed by atoms with van der Waals surface area (Å²) in [6, 6.07) is 8.12. The Hall–Kier alpha value is -1.84. The zero-order chi connectivity index (χ0) is 20.8. The van der Waals surface area contributed by atoms with Gasteiger partial charge in [-0.1, -0.05) is 25.1 Å². The van der Waals surface area contributed by atoms with Crippen molar-refractivity contribution in [2.75, 3.05) is 44.7 Å². The van der Waals surface area contributed by atoms with Crippen LogP contribution in [0.5, 0.6) is 0 Å². The molecule has 166 valence electrons. The maximum Gasteiger partial charge on any atom is 0.310 e. The van der Waals surface area contributed by atoms with Gasteiger partial charge in [-0.2, -0.15) is 0 Å². The molecule has 2 unspecified atom stereocenters. The Morgan fingerprint density at radius 1 is 1.27 bits per heavy atom. The molecule has 0 bridgehead atoms. The molecule has 0 aliphatic carbocycles. The fraction of sp³-hybridized carbons (Fsp3) is 0.591. The molecule has 1 saturated heterocycles. The Kier molecular flexibility index (Phi) is 9.38. The molecule has 0 saturated carbocycles. The average Bonchev–Trinajstić information content (AvgIpc) is 3.33. The Morgan fingerprint density at radius 3 is 2.77 bits per heavy atom. The van der Waals surface area contributed by atoms with E-state index < -0.39 is 0 Å². The first-order chi connectivity index (χ1) is 14.0. The molecule has 0 aromatic heterocycles. The van der Waals surface area contributed by atoms with Crippen LogP contribution in [0.3, 0.4) is 0 Å². The molecule has 30 heavy (non-hydrogen) atoms. The van der Waals surface area contributed by atoms with E-state index in [1.54, 1.807) is 0 Å². The van der Waals surface area contributed by atoms with E-state index in [1.807, 2.05) is 30.0 Å². The lowest BCUT2D eigenvalue weighted by molar-refractivity contribution is -0.146. The molecule has 8 heteroatoms. The number of para-hydroxylation sites is 1. The van der Waals surface area contributed by atoms with Crippen molar-refractivity contribution in [3.63, 3.8) is 0 Å². The molecule has 1 aromatic rings. The number of likely N-dealkylation sites (tertiary alicyclic amines) is 1. The van der Waals surface area contributed by atoms with Gasteiger partial charge in [0.2, 0.25) is 5.91 Å². The molecular weight excluding hydrogens is 495 g/mol. The molecule has 1 aromatic carbocycles. The first-order valence-corrected chi connectivity index (χ1v) is 10.5. The molecule has 0 radical (unpaired) electrons. The Balaban J connectivity index is 0.00000320. The lowest BCUT2D eigenvalue weighted by Gasteiger charge is -2.21. The second kappa shape index (κ2) is 11.5. The van der Waals surface area contributed by atoms with E-state index in [0.29, 0.717) is 25.9 Å². The van der Waals surface area contributed by atoms with Crippen molar-refractivity contribution in [1.29, 1.82) is 0 Å². The van der Waals surface area contributed by atoms with Gasteiger partial charge >= 0.3 is 5.97 Å². The minimum Gasteiger partial charge on any atom is -0.469 e. The van der Waals surface area contributed by atoms with Gasteiger partial charge in [-0.3, -0.25) is 14.6 Å². The number of nitrogens with one attached hydrogen (secondary N) is 1. The number of guanidine groups is 1. The van der Waals surface area contributed by atoms with E-state index in [-0.39, 0.29) is 47.7 Å². The first kappa shape index (κ1) is 24.4. The maximum atomic E-state index is 12.6. The Bertz CT molecular complexity index is 771. The van der Waals surface area contributed by atoms with E-state index in [2.05, 4.69) is 23.2 Å². The second-order valence-corrected chi connectivity index (χ2v) is 7.78. The summed E-state index contributed by atoms with van der Waals surface area (Å²) in [6.07, 6.45) is 2.12. The van der Waals surface area contributed by atoms with Crippen LogP contribution in [0.15, 0.2) is 29.3 Å². The van der Waals surface area contributed by atoms with Gasteiger partial charge < -0.3 is 19.9 Å². The predicted octanol–water partition coefficient (Wildman–Crippen LogP) is 2.68. The zero-order valence-electron chi connectivity index (χ0n) is 18.1. The quantitative estimate of drug-likeness (QED) is 0.202. The van der Waals surface area contributed by atoms with Gasteiger partial charge in [0.05, 0.1) is 13.0 Å². The van der Waals surface area contributed by atoms with Crippen molar-refractivity contribution >= 4 is 47.5 Å². The van der Waals surface area contributed by atoms with Crippen molar-refractivity contribution in [2.24, 2.45) is 16.8 Å². The van der Waals surface area contributed by atoms with Crippen LogP contribution < -0.4 is 10.2 Å². The number of nitrogens with zero attached hydrogens (tertiary/aromatic N) is 3.